The van der Waals surface area contributed by atoms with Gasteiger partial charge in [-0.2, -0.15) is 0 Å². The topological polar surface area (TPSA) is 40.5 Å². The molecule has 0 spiro atoms. The minimum absolute atomic E-state index is 0.122. The number of hydrogen-bond donors (Lipinski definition) is 2. The SMILES string of the molecule is Oc1cccc(O)c1CBr. The monoisotopic (exact) mass is 202 g/mol. The summed E-state index contributed by atoms with van der Waals surface area (Å²) < 4.78 is 0. The summed E-state index contributed by atoms with van der Waals surface area (Å²) in [5.74, 6) is 0.244. The molecule has 2 nitrogen and oxygen atoms in total. The molecule has 0 amide bonds. The molecular weight excluding hydrogens is 196 g/mol. The highest BCUT2D eigenvalue weighted by Crippen LogP contribution is 2.27. The maximum absolute atomic E-state index is 9.10. The van der Waals surface area contributed by atoms with Crippen molar-refractivity contribution in [2.75, 3.05) is 0 Å². The number of rotatable bonds is 1. The molecule has 0 aliphatic carbocycles. The van der Waals surface area contributed by atoms with Gasteiger partial charge in [-0.15, -0.1) is 0 Å². The molecule has 0 aromatic heterocycles. The predicted octanol–water partition coefficient (Wildman–Crippen LogP) is 1.99. The molecule has 0 unspecified atom stereocenters. The number of phenolic OH excluding ortho intramolecular Hbond substituents is 2. The van der Waals surface area contributed by atoms with E-state index in [1.54, 1.807) is 6.07 Å². The summed E-state index contributed by atoms with van der Waals surface area (Å²) in [7, 11) is 0. The summed E-state index contributed by atoms with van der Waals surface area (Å²) in [5, 5.41) is 18.7. The fraction of sp³-hybridized carbons (Fsp3) is 0.143. The summed E-state index contributed by atoms with van der Waals surface area (Å²) in [6.45, 7) is 0. The van der Waals surface area contributed by atoms with Gasteiger partial charge in [-0.1, -0.05) is 22.0 Å². The zero-order valence-electron chi connectivity index (χ0n) is 5.21. The Kier molecular flexibility index (Phi) is 2.17. The van der Waals surface area contributed by atoms with Gasteiger partial charge in [0.1, 0.15) is 11.5 Å². The van der Waals surface area contributed by atoms with Gasteiger partial charge in [0.05, 0.1) is 0 Å². The molecule has 0 saturated heterocycles. The molecule has 0 aliphatic heterocycles. The largest absolute Gasteiger partial charge is 0.507 e. The van der Waals surface area contributed by atoms with Gasteiger partial charge in [-0.3, -0.25) is 0 Å². The van der Waals surface area contributed by atoms with Crippen LogP contribution in [0.2, 0.25) is 0 Å². The second-order valence-corrected chi connectivity index (χ2v) is 2.47. The average Bonchev–Trinajstić information content (AvgIpc) is 1.88. The average molecular weight is 203 g/mol. The standard InChI is InChI=1S/C7H7BrO2/c8-4-5-6(9)2-1-3-7(5)10/h1-3,9-10H,4H2. The van der Waals surface area contributed by atoms with E-state index in [0.717, 1.165) is 0 Å². The molecule has 0 atom stereocenters. The van der Waals surface area contributed by atoms with Crippen molar-refractivity contribution in [3.63, 3.8) is 0 Å². The number of alkyl halides is 1. The smallest absolute Gasteiger partial charge is 0.123 e. The lowest BCUT2D eigenvalue weighted by Crippen LogP contribution is -1.78. The van der Waals surface area contributed by atoms with Crippen LogP contribution >= 0.6 is 15.9 Å². The van der Waals surface area contributed by atoms with Gasteiger partial charge < -0.3 is 10.2 Å². The van der Waals surface area contributed by atoms with Crippen LogP contribution in [0.4, 0.5) is 0 Å². The van der Waals surface area contributed by atoms with E-state index in [1.807, 2.05) is 0 Å². The molecule has 0 radical (unpaired) electrons. The minimum atomic E-state index is 0.122. The summed E-state index contributed by atoms with van der Waals surface area (Å²) in [6.07, 6.45) is 0. The molecule has 0 fully saturated rings. The molecule has 1 aromatic rings. The molecule has 2 N–H and O–H groups in total. The van der Waals surface area contributed by atoms with E-state index in [4.69, 9.17) is 10.2 Å². The van der Waals surface area contributed by atoms with Crippen molar-refractivity contribution < 1.29 is 10.2 Å². The molecule has 54 valence electrons. The lowest BCUT2D eigenvalue weighted by atomic mass is 10.2. The summed E-state index contributed by atoms with van der Waals surface area (Å²) >= 11 is 3.14. The third kappa shape index (κ3) is 1.24. The Balaban J connectivity index is 3.17. The summed E-state index contributed by atoms with van der Waals surface area (Å²) in [4.78, 5) is 0. The minimum Gasteiger partial charge on any atom is -0.507 e. The molecule has 1 aromatic carbocycles. The quantitative estimate of drug-likeness (QED) is 0.685. The van der Waals surface area contributed by atoms with E-state index >= 15 is 0 Å². The van der Waals surface area contributed by atoms with Crippen LogP contribution in [0.1, 0.15) is 5.56 Å². The maximum atomic E-state index is 9.10. The Labute approximate surface area is 67.3 Å². The molecule has 1 rings (SSSR count). The Hall–Kier alpha value is -0.700. The van der Waals surface area contributed by atoms with Crippen molar-refractivity contribution in [2.45, 2.75) is 5.33 Å². The highest BCUT2D eigenvalue weighted by Gasteiger charge is 2.02. The van der Waals surface area contributed by atoms with Crippen LogP contribution in [0, 0.1) is 0 Å². The zero-order valence-corrected chi connectivity index (χ0v) is 6.80. The number of benzene rings is 1. The molecule has 0 aliphatic rings. The maximum Gasteiger partial charge on any atom is 0.123 e. The third-order valence-corrected chi connectivity index (χ3v) is 1.82. The van der Waals surface area contributed by atoms with Crippen LogP contribution in [0.3, 0.4) is 0 Å². The van der Waals surface area contributed by atoms with E-state index in [1.165, 1.54) is 12.1 Å². The third-order valence-electron chi connectivity index (χ3n) is 1.26. The van der Waals surface area contributed by atoms with Crippen LogP contribution in [0.5, 0.6) is 11.5 Å². The Morgan fingerprint density at radius 3 is 2.00 bits per heavy atom. The van der Waals surface area contributed by atoms with Crippen LogP contribution in [-0.4, -0.2) is 10.2 Å². The number of phenols is 2. The lowest BCUT2D eigenvalue weighted by Gasteiger charge is -2.01. The van der Waals surface area contributed by atoms with Gasteiger partial charge in [-0.05, 0) is 12.1 Å². The number of hydrogen-bond acceptors (Lipinski definition) is 2. The van der Waals surface area contributed by atoms with Gasteiger partial charge in [-0.25, -0.2) is 0 Å². The molecule has 0 bridgehead atoms. The number of aromatic hydroxyl groups is 2. The van der Waals surface area contributed by atoms with E-state index in [-0.39, 0.29) is 11.5 Å². The Morgan fingerprint density at radius 1 is 1.20 bits per heavy atom. The van der Waals surface area contributed by atoms with Crippen molar-refractivity contribution in [2.24, 2.45) is 0 Å². The Bertz CT molecular complexity index is 215. The zero-order chi connectivity index (χ0) is 7.56. The van der Waals surface area contributed by atoms with Gasteiger partial charge in [0.2, 0.25) is 0 Å². The molecule has 10 heavy (non-hydrogen) atoms. The van der Waals surface area contributed by atoms with Crippen molar-refractivity contribution in [3.05, 3.63) is 23.8 Å². The fourth-order valence-electron chi connectivity index (χ4n) is 0.700. The van der Waals surface area contributed by atoms with Gasteiger partial charge >= 0.3 is 0 Å². The first kappa shape index (κ1) is 7.41. The first-order valence-corrected chi connectivity index (χ1v) is 3.93. The first-order chi connectivity index (χ1) is 4.75. The van der Waals surface area contributed by atoms with Gasteiger partial charge in [0.15, 0.2) is 0 Å². The molecule has 0 saturated carbocycles. The van der Waals surface area contributed by atoms with E-state index in [9.17, 15) is 0 Å². The predicted molar refractivity (Wildman–Crippen MR) is 42.4 cm³/mol. The normalized spacial score (nSPS) is 9.70. The fourth-order valence-corrected chi connectivity index (χ4v) is 1.27. The second kappa shape index (κ2) is 2.92. The Morgan fingerprint density at radius 2 is 1.70 bits per heavy atom. The lowest BCUT2D eigenvalue weighted by molar-refractivity contribution is 0.442. The van der Waals surface area contributed by atoms with Crippen LogP contribution < -0.4 is 0 Å². The number of halogens is 1. The van der Waals surface area contributed by atoms with Crippen molar-refractivity contribution in [1.29, 1.82) is 0 Å². The van der Waals surface area contributed by atoms with Crippen LogP contribution in [-0.2, 0) is 5.33 Å². The van der Waals surface area contributed by atoms with Crippen molar-refractivity contribution in [1.82, 2.24) is 0 Å². The van der Waals surface area contributed by atoms with E-state index in [0.29, 0.717) is 10.9 Å². The molecule has 3 heteroatoms. The van der Waals surface area contributed by atoms with Crippen molar-refractivity contribution >= 4 is 15.9 Å². The van der Waals surface area contributed by atoms with E-state index < -0.39 is 0 Å². The molecular formula is C7H7BrO2. The first-order valence-electron chi connectivity index (χ1n) is 2.81. The van der Waals surface area contributed by atoms with Gasteiger partial charge in [0.25, 0.3) is 0 Å². The van der Waals surface area contributed by atoms with Crippen molar-refractivity contribution in [3.8, 4) is 11.5 Å². The summed E-state index contributed by atoms with van der Waals surface area (Å²) in [6, 6.07) is 4.67. The second-order valence-electron chi connectivity index (χ2n) is 1.91. The van der Waals surface area contributed by atoms with Gasteiger partial charge in [0, 0.05) is 10.9 Å². The molecule has 0 heterocycles. The van der Waals surface area contributed by atoms with Crippen LogP contribution in [0.15, 0.2) is 18.2 Å². The summed E-state index contributed by atoms with van der Waals surface area (Å²) in [5.41, 5.74) is 0.530. The highest BCUT2D eigenvalue weighted by molar-refractivity contribution is 9.08. The van der Waals surface area contributed by atoms with Crippen LogP contribution in [0.25, 0.3) is 0 Å². The van der Waals surface area contributed by atoms with E-state index in [2.05, 4.69) is 15.9 Å². The highest BCUT2D eigenvalue weighted by atomic mass is 79.9.